The molecule has 0 spiro atoms. The summed E-state index contributed by atoms with van der Waals surface area (Å²) < 4.78 is 6.80. The molecule has 1 N–H and O–H groups in total. The van der Waals surface area contributed by atoms with Crippen molar-refractivity contribution in [3.05, 3.63) is 11.9 Å². The van der Waals surface area contributed by atoms with Gasteiger partial charge in [0.2, 0.25) is 0 Å². The van der Waals surface area contributed by atoms with E-state index >= 15 is 0 Å². The number of esters is 1. The van der Waals surface area contributed by atoms with E-state index in [9.17, 15) is 9.59 Å². The van der Waals surface area contributed by atoms with Crippen molar-refractivity contribution in [2.75, 3.05) is 25.5 Å². The lowest BCUT2D eigenvalue weighted by molar-refractivity contribution is -0.156. The zero-order valence-corrected chi connectivity index (χ0v) is 15.5. The number of nitrogens with one attached hydrogen (secondary N) is 1. The quantitative estimate of drug-likeness (QED) is 0.852. The van der Waals surface area contributed by atoms with E-state index in [4.69, 9.17) is 4.74 Å². The molecule has 1 saturated heterocycles. The van der Waals surface area contributed by atoms with E-state index in [1.54, 1.807) is 9.58 Å². The second-order valence-corrected chi connectivity index (χ2v) is 7.66. The third-order valence-corrected chi connectivity index (χ3v) is 5.65. The lowest BCUT2D eigenvalue weighted by Gasteiger charge is -2.35. The van der Waals surface area contributed by atoms with Crippen molar-refractivity contribution in [1.29, 1.82) is 0 Å². The first-order chi connectivity index (χ1) is 11.9. The molecule has 1 aliphatic heterocycles. The molecule has 1 saturated carbocycles. The van der Waals surface area contributed by atoms with Gasteiger partial charge in [0.05, 0.1) is 23.9 Å². The van der Waals surface area contributed by atoms with Gasteiger partial charge < -0.3 is 15.0 Å². The standard InChI is InChI=1S/C18H28N4O3/c1-12(2)15-14(10-21(3)20-15)19-17(24)22-9-13-7-5-6-8-18(13,11-22)16(23)25-4/h10,12-13H,5-9,11H2,1-4H3,(H,19,24)/t13-,18-/m1/s1. The van der Waals surface area contributed by atoms with Gasteiger partial charge in [-0.05, 0) is 24.7 Å². The maximum Gasteiger partial charge on any atom is 0.321 e. The Labute approximate surface area is 148 Å². The highest BCUT2D eigenvalue weighted by Gasteiger charge is 2.54. The predicted molar refractivity (Wildman–Crippen MR) is 94.3 cm³/mol. The second kappa shape index (κ2) is 6.69. The molecule has 1 aliphatic carbocycles. The van der Waals surface area contributed by atoms with Gasteiger partial charge in [0.15, 0.2) is 0 Å². The number of ether oxygens (including phenoxy) is 1. The smallest absolute Gasteiger partial charge is 0.321 e. The van der Waals surface area contributed by atoms with Crippen molar-refractivity contribution in [2.45, 2.75) is 45.4 Å². The molecule has 2 amide bonds. The molecule has 7 heteroatoms. The van der Waals surface area contributed by atoms with Crippen LogP contribution in [0.1, 0.15) is 51.1 Å². The molecule has 138 valence electrons. The van der Waals surface area contributed by atoms with E-state index in [2.05, 4.69) is 24.3 Å². The average molecular weight is 348 g/mol. The lowest BCUT2D eigenvalue weighted by atomic mass is 9.68. The largest absolute Gasteiger partial charge is 0.469 e. The Hall–Kier alpha value is -2.05. The molecule has 3 rings (SSSR count). The van der Waals surface area contributed by atoms with Crippen LogP contribution in [0.15, 0.2) is 6.20 Å². The van der Waals surface area contributed by atoms with E-state index in [0.29, 0.717) is 13.1 Å². The second-order valence-electron chi connectivity index (χ2n) is 7.66. The van der Waals surface area contributed by atoms with Crippen LogP contribution < -0.4 is 5.32 Å². The summed E-state index contributed by atoms with van der Waals surface area (Å²) in [4.78, 5) is 27.0. The Balaban J connectivity index is 1.77. The molecule has 0 radical (unpaired) electrons. The van der Waals surface area contributed by atoms with Crippen LogP contribution in [0.3, 0.4) is 0 Å². The van der Waals surface area contributed by atoms with Crippen molar-refractivity contribution in [3.63, 3.8) is 0 Å². The molecule has 25 heavy (non-hydrogen) atoms. The van der Waals surface area contributed by atoms with Crippen molar-refractivity contribution in [2.24, 2.45) is 18.4 Å². The zero-order chi connectivity index (χ0) is 18.2. The Morgan fingerprint density at radius 2 is 2.16 bits per heavy atom. The summed E-state index contributed by atoms with van der Waals surface area (Å²) in [5.74, 6) is 0.244. The highest BCUT2D eigenvalue weighted by molar-refractivity contribution is 5.91. The van der Waals surface area contributed by atoms with Gasteiger partial charge in [-0.3, -0.25) is 9.48 Å². The number of aryl methyl sites for hydroxylation is 1. The number of hydrogen-bond donors (Lipinski definition) is 1. The predicted octanol–water partition coefficient (Wildman–Crippen LogP) is 2.74. The fourth-order valence-electron chi connectivity index (χ4n) is 4.37. The zero-order valence-electron chi connectivity index (χ0n) is 15.5. The first-order valence-corrected chi connectivity index (χ1v) is 9.05. The van der Waals surface area contributed by atoms with E-state index in [1.807, 2.05) is 13.2 Å². The molecule has 7 nitrogen and oxygen atoms in total. The maximum atomic E-state index is 12.8. The van der Waals surface area contributed by atoms with Crippen LogP contribution in [0, 0.1) is 11.3 Å². The van der Waals surface area contributed by atoms with Gasteiger partial charge in [0.25, 0.3) is 0 Å². The molecule has 2 aliphatic rings. The lowest BCUT2D eigenvalue weighted by Crippen LogP contribution is -2.42. The number of carbonyl (C=O) groups excluding carboxylic acids is 2. The maximum absolute atomic E-state index is 12.8. The van der Waals surface area contributed by atoms with Gasteiger partial charge in [-0.25, -0.2) is 4.79 Å². The van der Waals surface area contributed by atoms with Gasteiger partial charge in [-0.15, -0.1) is 0 Å². The number of rotatable bonds is 3. The molecular weight excluding hydrogens is 320 g/mol. The van der Waals surface area contributed by atoms with Gasteiger partial charge in [0.1, 0.15) is 0 Å². The van der Waals surface area contributed by atoms with Gasteiger partial charge in [-0.1, -0.05) is 26.7 Å². The fraction of sp³-hybridized carbons (Fsp3) is 0.722. The fourth-order valence-corrected chi connectivity index (χ4v) is 4.37. The highest BCUT2D eigenvalue weighted by Crippen LogP contribution is 2.47. The minimum absolute atomic E-state index is 0.160. The van der Waals surface area contributed by atoms with Crippen LogP contribution in [0.25, 0.3) is 0 Å². The summed E-state index contributed by atoms with van der Waals surface area (Å²) >= 11 is 0. The highest BCUT2D eigenvalue weighted by atomic mass is 16.5. The number of fused-ring (bicyclic) bond motifs is 1. The Morgan fingerprint density at radius 3 is 2.84 bits per heavy atom. The Kier molecular flexibility index (Phi) is 4.75. The summed E-state index contributed by atoms with van der Waals surface area (Å²) in [5, 5.41) is 7.42. The normalized spacial score (nSPS) is 25.8. The third kappa shape index (κ3) is 3.12. The number of anilines is 1. The number of urea groups is 1. The van der Waals surface area contributed by atoms with E-state index in [-0.39, 0.29) is 23.8 Å². The SMILES string of the molecule is COC(=O)[C@@]12CCCC[C@@H]1CN(C(=O)Nc1cn(C)nc1C(C)C)C2. The first-order valence-electron chi connectivity index (χ1n) is 9.05. The van der Waals surface area contributed by atoms with Crippen LogP contribution in [0.4, 0.5) is 10.5 Å². The van der Waals surface area contributed by atoms with E-state index in [1.165, 1.54) is 7.11 Å². The van der Waals surface area contributed by atoms with Gasteiger partial charge in [0, 0.05) is 26.3 Å². The summed E-state index contributed by atoms with van der Waals surface area (Å²) in [5.41, 5.74) is 1.08. The van der Waals surface area contributed by atoms with E-state index < -0.39 is 5.41 Å². The molecule has 2 atom stereocenters. The molecule has 0 bridgehead atoms. The van der Waals surface area contributed by atoms with Crippen molar-refractivity contribution in [3.8, 4) is 0 Å². The number of amides is 2. The number of methoxy groups -OCH3 is 1. The van der Waals surface area contributed by atoms with E-state index in [0.717, 1.165) is 37.1 Å². The number of hydrogen-bond acceptors (Lipinski definition) is 4. The minimum atomic E-state index is -0.528. The summed E-state index contributed by atoms with van der Waals surface area (Å²) in [6.45, 7) is 5.15. The number of nitrogens with zero attached hydrogens (tertiary/aromatic N) is 3. The topological polar surface area (TPSA) is 76.5 Å². The van der Waals surface area contributed by atoms with Crippen LogP contribution >= 0.6 is 0 Å². The first kappa shape index (κ1) is 17.8. The summed E-state index contributed by atoms with van der Waals surface area (Å²) in [7, 11) is 3.29. The minimum Gasteiger partial charge on any atom is -0.469 e. The molecule has 1 aromatic heterocycles. The summed E-state index contributed by atoms with van der Waals surface area (Å²) in [6.07, 6.45) is 5.73. The van der Waals surface area contributed by atoms with Crippen LogP contribution in [0.5, 0.6) is 0 Å². The van der Waals surface area contributed by atoms with Crippen molar-refractivity contribution in [1.82, 2.24) is 14.7 Å². The van der Waals surface area contributed by atoms with Crippen LogP contribution in [-0.2, 0) is 16.6 Å². The number of likely N-dealkylation sites (tertiary alicyclic amines) is 1. The van der Waals surface area contributed by atoms with Gasteiger partial charge in [-0.2, -0.15) is 5.10 Å². The number of aromatic nitrogens is 2. The van der Waals surface area contributed by atoms with Crippen molar-refractivity contribution >= 4 is 17.7 Å². The molecule has 1 aromatic rings. The molecular formula is C18H28N4O3. The Bertz CT molecular complexity index is 669. The van der Waals surface area contributed by atoms with Crippen LogP contribution in [0.2, 0.25) is 0 Å². The summed E-state index contributed by atoms with van der Waals surface area (Å²) in [6, 6.07) is -0.160. The third-order valence-electron chi connectivity index (χ3n) is 5.65. The monoisotopic (exact) mass is 348 g/mol. The molecule has 0 aromatic carbocycles. The molecule has 2 fully saturated rings. The Morgan fingerprint density at radius 1 is 1.40 bits per heavy atom. The molecule has 0 unspecified atom stereocenters. The molecule has 2 heterocycles. The van der Waals surface area contributed by atoms with Gasteiger partial charge >= 0.3 is 12.0 Å². The van der Waals surface area contributed by atoms with Crippen molar-refractivity contribution < 1.29 is 14.3 Å². The van der Waals surface area contributed by atoms with Crippen LogP contribution in [-0.4, -0.2) is 46.9 Å². The average Bonchev–Trinajstić information content (AvgIpc) is 3.15. The number of carbonyl (C=O) groups is 2.